The van der Waals surface area contributed by atoms with Crippen LogP contribution in [0.4, 0.5) is 14.5 Å². The number of hydrogen-bond acceptors (Lipinski definition) is 4. The van der Waals surface area contributed by atoms with Crippen molar-refractivity contribution in [2.45, 2.75) is 24.9 Å². The number of aromatic nitrogens is 3. The Morgan fingerprint density at radius 2 is 2.23 bits per heavy atom. The maximum absolute atomic E-state index is 13.1. The van der Waals surface area contributed by atoms with Crippen LogP contribution >= 0.6 is 0 Å². The van der Waals surface area contributed by atoms with Gasteiger partial charge < -0.3 is 5.32 Å². The highest BCUT2D eigenvalue weighted by Crippen LogP contribution is 2.25. The number of carbonyl (C=O) groups is 1. The van der Waals surface area contributed by atoms with Gasteiger partial charge in [0.2, 0.25) is 5.91 Å². The zero-order chi connectivity index (χ0) is 15.6. The van der Waals surface area contributed by atoms with Gasteiger partial charge in [0, 0.05) is 25.0 Å². The zero-order valence-electron chi connectivity index (χ0n) is 11.7. The van der Waals surface area contributed by atoms with Crippen molar-refractivity contribution in [1.29, 1.82) is 0 Å². The van der Waals surface area contributed by atoms with Gasteiger partial charge >= 0.3 is 0 Å². The normalized spacial score (nSPS) is 20.0. The van der Waals surface area contributed by atoms with Crippen LogP contribution in [0.25, 0.3) is 0 Å². The van der Waals surface area contributed by atoms with E-state index in [1.807, 2.05) is 12.1 Å². The third-order valence-electron chi connectivity index (χ3n) is 3.42. The summed E-state index contributed by atoms with van der Waals surface area (Å²) in [6, 6.07) is 2.85. The monoisotopic (exact) mass is 307 g/mol. The van der Waals surface area contributed by atoms with Crippen molar-refractivity contribution < 1.29 is 13.6 Å². The minimum Gasteiger partial charge on any atom is -0.322 e. The van der Waals surface area contributed by atoms with Gasteiger partial charge in [-0.2, -0.15) is 5.10 Å². The molecular weight excluding hydrogens is 292 g/mol. The van der Waals surface area contributed by atoms with E-state index >= 15 is 0 Å². The first-order chi connectivity index (χ1) is 10.5. The lowest BCUT2D eigenvalue weighted by Gasteiger charge is -2.09. The predicted molar refractivity (Wildman–Crippen MR) is 75.6 cm³/mol. The lowest BCUT2D eigenvalue weighted by atomic mass is 10.2. The second-order valence-corrected chi connectivity index (χ2v) is 5.26. The van der Waals surface area contributed by atoms with Crippen LogP contribution in [0.3, 0.4) is 0 Å². The standard InChI is InChI=1S/C14H15F2N5O/c15-14(16)5-12(18-9-14)13(22)20-11-6-19-21(8-11)7-10-1-3-17-4-2-10/h1-4,6,8,12,18H,5,7,9H2,(H,20,22). The fourth-order valence-corrected chi connectivity index (χ4v) is 2.32. The average Bonchev–Trinajstić information content (AvgIpc) is 3.06. The molecule has 2 aromatic rings. The number of amides is 1. The lowest BCUT2D eigenvalue weighted by molar-refractivity contribution is -0.118. The summed E-state index contributed by atoms with van der Waals surface area (Å²) in [5, 5.41) is 9.25. The number of nitrogens with one attached hydrogen (secondary N) is 2. The molecule has 3 rings (SSSR count). The van der Waals surface area contributed by atoms with Crippen LogP contribution < -0.4 is 10.6 Å². The summed E-state index contributed by atoms with van der Waals surface area (Å²) < 4.78 is 27.8. The second kappa shape index (κ2) is 5.80. The van der Waals surface area contributed by atoms with Gasteiger partial charge in [-0.25, -0.2) is 8.78 Å². The highest BCUT2D eigenvalue weighted by Gasteiger charge is 2.42. The Morgan fingerprint density at radius 3 is 2.91 bits per heavy atom. The van der Waals surface area contributed by atoms with Crippen molar-refractivity contribution in [3.63, 3.8) is 0 Å². The van der Waals surface area contributed by atoms with Crippen molar-refractivity contribution in [1.82, 2.24) is 20.1 Å². The molecule has 116 valence electrons. The molecule has 0 spiro atoms. The molecule has 1 aliphatic rings. The first-order valence-corrected chi connectivity index (χ1v) is 6.85. The Bertz CT molecular complexity index is 658. The molecule has 1 amide bonds. The zero-order valence-corrected chi connectivity index (χ0v) is 11.7. The number of halogens is 2. The molecule has 0 saturated carbocycles. The topological polar surface area (TPSA) is 71.8 Å². The van der Waals surface area contributed by atoms with Crippen LogP contribution in [0.5, 0.6) is 0 Å². The summed E-state index contributed by atoms with van der Waals surface area (Å²) in [6.07, 6.45) is 6.04. The van der Waals surface area contributed by atoms with Crippen LogP contribution in [0.1, 0.15) is 12.0 Å². The minimum absolute atomic E-state index is 0.466. The summed E-state index contributed by atoms with van der Waals surface area (Å²) in [4.78, 5) is 15.9. The number of hydrogen-bond donors (Lipinski definition) is 2. The van der Waals surface area contributed by atoms with Gasteiger partial charge in [-0.3, -0.25) is 19.8 Å². The third kappa shape index (κ3) is 3.45. The molecule has 2 N–H and O–H groups in total. The van der Waals surface area contributed by atoms with Crippen LogP contribution in [0.15, 0.2) is 36.9 Å². The quantitative estimate of drug-likeness (QED) is 0.892. The molecule has 8 heteroatoms. The number of pyridine rings is 1. The van der Waals surface area contributed by atoms with Gasteiger partial charge in [0.15, 0.2) is 0 Å². The minimum atomic E-state index is -2.83. The smallest absolute Gasteiger partial charge is 0.262 e. The van der Waals surface area contributed by atoms with E-state index in [4.69, 9.17) is 0 Å². The molecule has 1 aliphatic heterocycles. The van der Waals surface area contributed by atoms with Gasteiger partial charge in [-0.15, -0.1) is 0 Å². The van der Waals surface area contributed by atoms with Gasteiger partial charge in [0.1, 0.15) is 0 Å². The molecule has 22 heavy (non-hydrogen) atoms. The van der Waals surface area contributed by atoms with Crippen LogP contribution in [0.2, 0.25) is 0 Å². The molecule has 1 unspecified atom stereocenters. The first-order valence-electron chi connectivity index (χ1n) is 6.85. The van der Waals surface area contributed by atoms with E-state index in [0.29, 0.717) is 12.2 Å². The molecule has 0 bridgehead atoms. The van der Waals surface area contributed by atoms with Crippen molar-refractivity contribution >= 4 is 11.6 Å². The Kier molecular flexibility index (Phi) is 3.84. The molecule has 3 heterocycles. The number of rotatable bonds is 4. The SMILES string of the molecule is O=C(Nc1cnn(Cc2ccncc2)c1)C1CC(F)(F)CN1. The molecule has 2 aromatic heterocycles. The maximum atomic E-state index is 13.1. The van der Waals surface area contributed by atoms with E-state index in [0.717, 1.165) is 5.56 Å². The number of carbonyl (C=O) groups excluding carboxylic acids is 1. The van der Waals surface area contributed by atoms with Gasteiger partial charge in [0.05, 0.1) is 31.0 Å². The summed E-state index contributed by atoms with van der Waals surface area (Å²) in [5.74, 6) is -3.30. The van der Waals surface area contributed by atoms with Crippen LogP contribution in [0, 0.1) is 0 Å². The van der Waals surface area contributed by atoms with Crippen LogP contribution in [-0.4, -0.2) is 39.2 Å². The summed E-state index contributed by atoms with van der Waals surface area (Å²) >= 11 is 0. The Labute approximate surface area is 125 Å². The van der Waals surface area contributed by atoms with Crippen molar-refractivity contribution in [3.8, 4) is 0 Å². The van der Waals surface area contributed by atoms with Crippen molar-refractivity contribution in [2.24, 2.45) is 0 Å². The van der Waals surface area contributed by atoms with Crippen molar-refractivity contribution in [3.05, 3.63) is 42.5 Å². The van der Waals surface area contributed by atoms with E-state index in [9.17, 15) is 13.6 Å². The fourth-order valence-electron chi connectivity index (χ4n) is 2.32. The molecule has 0 aromatic carbocycles. The van der Waals surface area contributed by atoms with Crippen LogP contribution in [-0.2, 0) is 11.3 Å². The predicted octanol–water partition coefficient (Wildman–Crippen LogP) is 1.26. The largest absolute Gasteiger partial charge is 0.322 e. The Hall–Kier alpha value is -2.35. The van der Waals surface area contributed by atoms with E-state index in [2.05, 4.69) is 20.7 Å². The molecule has 1 fully saturated rings. The van der Waals surface area contributed by atoms with Gasteiger partial charge in [-0.1, -0.05) is 0 Å². The summed E-state index contributed by atoms with van der Waals surface area (Å²) in [5.41, 5.74) is 1.50. The average molecular weight is 307 g/mol. The molecule has 0 aliphatic carbocycles. The van der Waals surface area contributed by atoms with Gasteiger partial charge in [0.25, 0.3) is 5.92 Å². The molecule has 0 radical (unpaired) electrons. The van der Waals surface area contributed by atoms with E-state index in [1.165, 1.54) is 6.20 Å². The number of nitrogens with zero attached hydrogens (tertiary/aromatic N) is 3. The molecule has 1 saturated heterocycles. The Morgan fingerprint density at radius 1 is 1.45 bits per heavy atom. The molecule has 6 nitrogen and oxygen atoms in total. The van der Waals surface area contributed by atoms with Gasteiger partial charge in [-0.05, 0) is 17.7 Å². The molecule has 1 atom stereocenters. The number of anilines is 1. The number of alkyl halides is 2. The van der Waals surface area contributed by atoms with E-state index in [-0.39, 0.29) is 0 Å². The Balaban J connectivity index is 1.59. The van der Waals surface area contributed by atoms with E-state index in [1.54, 1.807) is 23.3 Å². The highest BCUT2D eigenvalue weighted by molar-refractivity contribution is 5.94. The third-order valence-corrected chi connectivity index (χ3v) is 3.42. The fraction of sp³-hybridized carbons (Fsp3) is 0.357. The second-order valence-electron chi connectivity index (χ2n) is 5.26. The van der Waals surface area contributed by atoms with Crippen molar-refractivity contribution in [2.75, 3.05) is 11.9 Å². The molecular formula is C14H15F2N5O. The summed E-state index contributed by atoms with van der Waals surface area (Å²) in [7, 11) is 0. The maximum Gasteiger partial charge on any atom is 0.262 e. The first kappa shape index (κ1) is 14.6. The van der Waals surface area contributed by atoms with E-state index < -0.39 is 30.8 Å². The highest BCUT2D eigenvalue weighted by atomic mass is 19.3. The lowest BCUT2D eigenvalue weighted by Crippen LogP contribution is -2.35. The summed E-state index contributed by atoms with van der Waals surface area (Å²) in [6.45, 7) is 0.0739.